The summed E-state index contributed by atoms with van der Waals surface area (Å²) in [6, 6.07) is 16.0. The molecule has 0 aliphatic rings. The second-order valence-corrected chi connectivity index (χ2v) is 4.85. The molecule has 0 aliphatic carbocycles. The standard InChI is InChI=1S/C15H15IO2/c1-2-17-13-9-6-10-14(15(13)16)18-11-12-7-4-3-5-8-12/h3-10H,2,11H2,1H3. The van der Waals surface area contributed by atoms with Crippen LogP contribution in [-0.2, 0) is 6.61 Å². The number of halogens is 1. The largest absolute Gasteiger partial charge is 0.493 e. The summed E-state index contributed by atoms with van der Waals surface area (Å²) < 4.78 is 12.4. The van der Waals surface area contributed by atoms with Gasteiger partial charge in [-0.15, -0.1) is 0 Å². The molecule has 0 saturated heterocycles. The molecule has 0 fully saturated rings. The lowest BCUT2D eigenvalue weighted by Crippen LogP contribution is -1.99. The van der Waals surface area contributed by atoms with Crippen LogP contribution in [0.25, 0.3) is 0 Å². The second kappa shape index (κ2) is 6.64. The van der Waals surface area contributed by atoms with Crippen molar-refractivity contribution in [2.45, 2.75) is 13.5 Å². The summed E-state index contributed by atoms with van der Waals surface area (Å²) in [6.07, 6.45) is 0. The van der Waals surface area contributed by atoms with Crippen molar-refractivity contribution in [2.24, 2.45) is 0 Å². The van der Waals surface area contributed by atoms with E-state index in [4.69, 9.17) is 9.47 Å². The van der Waals surface area contributed by atoms with Gasteiger partial charge in [-0.05, 0) is 47.2 Å². The number of benzene rings is 2. The lowest BCUT2D eigenvalue weighted by atomic mass is 10.2. The quantitative estimate of drug-likeness (QED) is 0.747. The fourth-order valence-corrected chi connectivity index (χ4v) is 2.28. The Kier molecular flexibility index (Phi) is 4.87. The highest BCUT2D eigenvalue weighted by Gasteiger charge is 2.07. The zero-order valence-electron chi connectivity index (χ0n) is 10.2. The van der Waals surface area contributed by atoms with Crippen LogP contribution < -0.4 is 9.47 Å². The van der Waals surface area contributed by atoms with Gasteiger partial charge in [-0.1, -0.05) is 36.4 Å². The van der Waals surface area contributed by atoms with Crippen LogP contribution in [0.4, 0.5) is 0 Å². The van der Waals surface area contributed by atoms with Crippen LogP contribution in [0, 0.1) is 3.57 Å². The van der Waals surface area contributed by atoms with Crippen molar-refractivity contribution >= 4 is 22.6 Å². The van der Waals surface area contributed by atoms with Gasteiger partial charge in [0.1, 0.15) is 18.1 Å². The second-order valence-electron chi connectivity index (χ2n) is 3.78. The van der Waals surface area contributed by atoms with Gasteiger partial charge in [0.15, 0.2) is 0 Å². The predicted octanol–water partition coefficient (Wildman–Crippen LogP) is 4.27. The van der Waals surface area contributed by atoms with E-state index in [9.17, 15) is 0 Å². The number of hydrogen-bond acceptors (Lipinski definition) is 2. The molecule has 2 aromatic rings. The maximum atomic E-state index is 5.82. The van der Waals surface area contributed by atoms with E-state index in [0.29, 0.717) is 13.2 Å². The normalized spacial score (nSPS) is 10.1. The lowest BCUT2D eigenvalue weighted by Gasteiger charge is -2.11. The van der Waals surface area contributed by atoms with E-state index in [-0.39, 0.29) is 0 Å². The number of hydrogen-bond donors (Lipinski definition) is 0. The van der Waals surface area contributed by atoms with Crippen molar-refractivity contribution in [3.8, 4) is 11.5 Å². The summed E-state index contributed by atoms with van der Waals surface area (Å²) in [5.41, 5.74) is 1.16. The van der Waals surface area contributed by atoms with Crippen molar-refractivity contribution < 1.29 is 9.47 Å². The van der Waals surface area contributed by atoms with E-state index < -0.39 is 0 Å². The van der Waals surface area contributed by atoms with E-state index in [1.54, 1.807) is 0 Å². The van der Waals surface area contributed by atoms with Crippen molar-refractivity contribution in [3.63, 3.8) is 0 Å². The van der Waals surface area contributed by atoms with Gasteiger partial charge in [-0.25, -0.2) is 0 Å². The van der Waals surface area contributed by atoms with Crippen molar-refractivity contribution in [1.29, 1.82) is 0 Å². The van der Waals surface area contributed by atoms with E-state index in [1.165, 1.54) is 0 Å². The van der Waals surface area contributed by atoms with Crippen LogP contribution in [-0.4, -0.2) is 6.61 Å². The molecule has 0 unspecified atom stereocenters. The van der Waals surface area contributed by atoms with Gasteiger partial charge in [0, 0.05) is 0 Å². The summed E-state index contributed by atoms with van der Waals surface area (Å²) in [4.78, 5) is 0. The molecule has 94 valence electrons. The van der Waals surface area contributed by atoms with Crippen molar-refractivity contribution in [2.75, 3.05) is 6.61 Å². The van der Waals surface area contributed by atoms with E-state index in [0.717, 1.165) is 20.6 Å². The molecule has 18 heavy (non-hydrogen) atoms. The smallest absolute Gasteiger partial charge is 0.136 e. The lowest BCUT2D eigenvalue weighted by molar-refractivity contribution is 0.296. The topological polar surface area (TPSA) is 18.5 Å². The molecule has 0 atom stereocenters. The Balaban J connectivity index is 2.08. The van der Waals surface area contributed by atoms with Gasteiger partial charge in [0.2, 0.25) is 0 Å². The minimum Gasteiger partial charge on any atom is -0.493 e. The van der Waals surface area contributed by atoms with Crippen LogP contribution in [0.15, 0.2) is 48.5 Å². The minimum absolute atomic E-state index is 0.576. The molecule has 0 aliphatic heterocycles. The highest BCUT2D eigenvalue weighted by Crippen LogP contribution is 2.30. The molecular formula is C15H15IO2. The Labute approximate surface area is 121 Å². The van der Waals surface area contributed by atoms with Gasteiger partial charge in [-0.2, -0.15) is 0 Å². The number of ether oxygens (including phenoxy) is 2. The van der Waals surface area contributed by atoms with E-state index in [1.807, 2.05) is 43.3 Å². The summed E-state index contributed by atoms with van der Waals surface area (Å²) in [7, 11) is 0. The fraction of sp³-hybridized carbons (Fsp3) is 0.200. The Morgan fingerprint density at radius 3 is 2.22 bits per heavy atom. The van der Waals surface area contributed by atoms with Crippen LogP contribution in [0.3, 0.4) is 0 Å². The van der Waals surface area contributed by atoms with Gasteiger partial charge in [0.05, 0.1) is 10.2 Å². The molecule has 2 nitrogen and oxygen atoms in total. The molecule has 0 spiro atoms. The SMILES string of the molecule is CCOc1cccc(OCc2ccccc2)c1I. The zero-order chi connectivity index (χ0) is 12.8. The predicted molar refractivity (Wildman–Crippen MR) is 81.1 cm³/mol. The molecule has 3 heteroatoms. The van der Waals surface area contributed by atoms with Crippen LogP contribution in [0.2, 0.25) is 0 Å². The van der Waals surface area contributed by atoms with Gasteiger partial charge in [0.25, 0.3) is 0 Å². The highest BCUT2D eigenvalue weighted by atomic mass is 127. The van der Waals surface area contributed by atoms with Crippen LogP contribution in [0.5, 0.6) is 11.5 Å². The third kappa shape index (κ3) is 3.38. The first-order valence-corrected chi connectivity index (χ1v) is 6.97. The summed E-state index contributed by atoms with van der Waals surface area (Å²) in [6.45, 7) is 3.22. The molecule has 0 heterocycles. The summed E-state index contributed by atoms with van der Waals surface area (Å²) in [5.74, 6) is 1.74. The maximum absolute atomic E-state index is 5.82. The Morgan fingerprint density at radius 2 is 1.56 bits per heavy atom. The molecule has 0 radical (unpaired) electrons. The molecule has 0 bridgehead atoms. The molecule has 0 N–H and O–H groups in total. The number of rotatable bonds is 5. The average Bonchev–Trinajstić information content (AvgIpc) is 2.41. The first-order valence-electron chi connectivity index (χ1n) is 5.89. The molecule has 0 saturated carbocycles. The highest BCUT2D eigenvalue weighted by molar-refractivity contribution is 14.1. The minimum atomic E-state index is 0.576. The first kappa shape index (κ1) is 13.2. The summed E-state index contributed by atoms with van der Waals surface area (Å²) >= 11 is 2.26. The third-order valence-corrected chi connectivity index (χ3v) is 3.53. The maximum Gasteiger partial charge on any atom is 0.136 e. The van der Waals surface area contributed by atoms with E-state index >= 15 is 0 Å². The Morgan fingerprint density at radius 1 is 0.889 bits per heavy atom. The average molecular weight is 354 g/mol. The van der Waals surface area contributed by atoms with Gasteiger partial charge in [-0.3, -0.25) is 0 Å². The molecule has 0 aromatic heterocycles. The van der Waals surface area contributed by atoms with Gasteiger partial charge < -0.3 is 9.47 Å². The van der Waals surface area contributed by atoms with Crippen LogP contribution in [0.1, 0.15) is 12.5 Å². The third-order valence-electron chi connectivity index (χ3n) is 2.46. The molecule has 2 aromatic carbocycles. The van der Waals surface area contributed by atoms with Crippen molar-refractivity contribution in [1.82, 2.24) is 0 Å². The van der Waals surface area contributed by atoms with E-state index in [2.05, 4.69) is 34.7 Å². The van der Waals surface area contributed by atoms with Crippen molar-refractivity contribution in [3.05, 3.63) is 57.7 Å². The first-order chi connectivity index (χ1) is 8.81. The zero-order valence-corrected chi connectivity index (χ0v) is 12.4. The Hall–Kier alpha value is -1.23. The molecular weight excluding hydrogens is 339 g/mol. The monoisotopic (exact) mass is 354 g/mol. The molecule has 0 amide bonds. The summed E-state index contributed by atoms with van der Waals surface area (Å²) in [5, 5.41) is 0. The fourth-order valence-electron chi connectivity index (χ4n) is 1.60. The van der Waals surface area contributed by atoms with Crippen LogP contribution >= 0.6 is 22.6 Å². The van der Waals surface area contributed by atoms with Gasteiger partial charge >= 0.3 is 0 Å². The Bertz CT molecular complexity index is 497. The molecule has 2 rings (SSSR count).